The molecule has 0 amide bonds. The summed E-state index contributed by atoms with van der Waals surface area (Å²) in [6, 6.07) is 6.23. The zero-order valence-electron chi connectivity index (χ0n) is 15.4. The monoisotopic (exact) mass is 361 g/mol. The van der Waals surface area contributed by atoms with Crippen molar-refractivity contribution in [2.45, 2.75) is 58.4 Å². The van der Waals surface area contributed by atoms with Gasteiger partial charge in [-0.05, 0) is 93.5 Å². The van der Waals surface area contributed by atoms with Crippen LogP contribution in [0.5, 0.6) is 0 Å². The van der Waals surface area contributed by atoms with Gasteiger partial charge in [0.1, 0.15) is 5.82 Å². The third-order valence-corrected chi connectivity index (χ3v) is 7.53. The molecule has 0 saturated heterocycles. The van der Waals surface area contributed by atoms with Crippen LogP contribution in [0, 0.1) is 33.5 Å². The highest BCUT2D eigenvalue weighted by Gasteiger charge is 2.36. The van der Waals surface area contributed by atoms with Crippen LogP contribution in [-0.4, -0.2) is 14.5 Å². The predicted molar refractivity (Wildman–Crippen MR) is 99.2 cm³/mol. The first kappa shape index (κ1) is 17.9. The van der Waals surface area contributed by atoms with Gasteiger partial charge in [0.25, 0.3) is 10.0 Å². The Balaban J connectivity index is 2.26. The SMILES string of the molecule is Cc1cc(C)c(C)c(S(=O)(=O)N2c3ccc(F)cc3CCC2C)c1C. The average Bonchev–Trinajstić information content (AvgIpc) is 2.53. The Morgan fingerprint density at radius 2 is 1.64 bits per heavy atom. The first-order chi connectivity index (χ1) is 11.6. The minimum Gasteiger partial charge on any atom is -0.263 e. The van der Waals surface area contributed by atoms with Crippen molar-refractivity contribution in [2.75, 3.05) is 4.31 Å². The topological polar surface area (TPSA) is 37.4 Å². The van der Waals surface area contributed by atoms with Crippen molar-refractivity contribution in [3.8, 4) is 0 Å². The van der Waals surface area contributed by atoms with Crippen LogP contribution in [0.3, 0.4) is 0 Å². The highest BCUT2D eigenvalue weighted by Crippen LogP contribution is 2.38. The minimum absolute atomic E-state index is 0.164. The Kier molecular flexibility index (Phi) is 4.40. The summed E-state index contributed by atoms with van der Waals surface area (Å²) in [5, 5.41) is 0. The van der Waals surface area contributed by atoms with Crippen molar-refractivity contribution in [3.63, 3.8) is 0 Å². The summed E-state index contributed by atoms with van der Waals surface area (Å²) in [4.78, 5) is 0.383. The van der Waals surface area contributed by atoms with E-state index >= 15 is 0 Å². The molecule has 1 aliphatic heterocycles. The standard InChI is InChI=1S/C20H24FNO2S/c1-12-10-13(2)16(5)20(15(12)4)25(23,24)22-14(3)6-7-17-11-18(21)8-9-19(17)22/h8-11,14H,6-7H2,1-5H3. The van der Waals surface area contributed by atoms with E-state index in [1.165, 1.54) is 16.4 Å². The second-order valence-corrected chi connectivity index (χ2v) is 8.80. The van der Waals surface area contributed by atoms with Crippen LogP contribution < -0.4 is 4.31 Å². The summed E-state index contributed by atoms with van der Waals surface area (Å²) < 4.78 is 42.3. The van der Waals surface area contributed by atoms with E-state index in [9.17, 15) is 12.8 Å². The molecule has 3 rings (SSSR count). The van der Waals surface area contributed by atoms with E-state index in [0.29, 0.717) is 23.4 Å². The van der Waals surface area contributed by atoms with Gasteiger partial charge in [0.2, 0.25) is 0 Å². The van der Waals surface area contributed by atoms with Gasteiger partial charge in [-0.15, -0.1) is 0 Å². The molecule has 3 nitrogen and oxygen atoms in total. The number of nitrogens with zero attached hydrogens (tertiary/aromatic N) is 1. The Hall–Kier alpha value is -1.88. The number of sulfonamides is 1. The van der Waals surface area contributed by atoms with E-state index in [1.54, 1.807) is 6.07 Å². The molecule has 1 heterocycles. The summed E-state index contributed by atoms with van der Waals surface area (Å²) in [6.07, 6.45) is 1.36. The lowest BCUT2D eigenvalue weighted by Gasteiger charge is -2.37. The summed E-state index contributed by atoms with van der Waals surface area (Å²) in [5.41, 5.74) is 4.84. The second-order valence-electron chi connectivity index (χ2n) is 7.05. The van der Waals surface area contributed by atoms with Gasteiger partial charge in [-0.25, -0.2) is 12.8 Å². The van der Waals surface area contributed by atoms with Crippen LogP contribution in [0.15, 0.2) is 29.2 Å². The predicted octanol–water partition coefficient (Wildman–Crippen LogP) is 4.59. The van der Waals surface area contributed by atoms with Crippen molar-refractivity contribution in [3.05, 3.63) is 57.9 Å². The number of rotatable bonds is 2. The van der Waals surface area contributed by atoms with Gasteiger partial charge in [-0.2, -0.15) is 0 Å². The van der Waals surface area contributed by atoms with E-state index in [-0.39, 0.29) is 11.9 Å². The quantitative estimate of drug-likeness (QED) is 0.784. The Morgan fingerprint density at radius 3 is 2.24 bits per heavy atom. The molecule has 0 fully saturated rings. The number of fused-ring (bicyclic) bond motifs is 1. The fourth-order valence-corrected chi connectivity index (χ4v) is 6.03. The fourth-order valence-electron chi connectivity index (χ4n) is 3.72. The van der Waals surface area contributed by atoms with Crippen LogP contribution in [0.2, 0.25) is 0 Å². The van der Waals surface area contributed by atoms with E-state index < -0.39 is 10.0 Å². The third-order valence-electron chi connectivity index (χ3n) is 5.32. The van der Waals surface area contributed by atoms with Crippen molar-refractivity contribution in [1.29, 1.82) is 0 Å². The maximum absolute atomic E-state index is 13.6. The fraction of sp³-hybridized carbons (Fsp3) is 0.400. The molecule has 25 heavy (non-hydrogen) atoms. The molecule has 1 aliphatic rings. The second kappa shape index (κ2) is 6.13. The van der Waals surface area contributed by atoms with Gasteiger partial charge in [0.05, 0.1) is 10.6 Å². The van der Waals surface area contributed by atoms with Crippen molar-refractivity contribution in [1.82, 2.24) is 0 Å². The molecule has 2 aromatic rings. The van der Waals surface area contributed by atoms with Crippen LogP contribution >= 0.6 is 0 Å². The highest BCUT2D eigenvalue weighted by molar-refractivity contribution is 7.93. The molecule has 0 spiro atoms. The lowest BCUT2D eigenvalue weighted by atomic mass is 9.99. The van der Waals surface area contributed by atoms with E-state index in [4.69, 9.17) is 0 Å². The molecule has 134 valence electrons. The normalized spacial score (nSPS) is 17.5. The van der Waals surface area contributed by atoms with Crippen molar-refractivity contribution < 1.29 is 12.8 Å². The van der Waals surface area contributed by atoms with Crippen molar-refractivity contribution in [2.24, 2.45) is 0 Å². The first-order valence-electron chi connectivity index (χ1n) is 8.55. The summed E-state index contributed by atoms with van der Waals surface area (Å²) in [6.45, 7) is 9.49. The number of anilines is 1. The lowest BCUT2D eigenvalue weighted by Crippen LogP contribution is -2.42. The Morgan fingerprint density at radius 1 is 1.04 bits per heavy atom. The number of aryl methyl sites for hydroxylation is 3. The van der Waals surface area contributed by atoms with Crippen LogP contribution in [-0.2, 0) is 16.4 Å². The van der Waals surface area contributed by atoms with Gasteiger partial charge in [0.15, 0.2) is 0 Å². The van der Waals surface area contributed by atoms with E-state index in [0.717, 1.165) is 27.8 Å². The van der Waals surface area contributed by atoms with Gasteiger partial charge in [-0.3, -0.25) is 4.31 Å². The van der Waals surface area contributed by atoms with Crippen LogP contribution in [0.1, 0.15) is 41.2 Å². The van der Waals surface area contributed by atoms with Gasteiger partial charge < -0.3 is 0 Å². The summed E-state index contributed by atoms with van der Waals surface area (Å²) >= 11 is 0. The third kappa shape index (κ3) is 2.84. The zero-order valence-corrected chi connectivity index (χ0v) is 16.2. The largest absolute Gasteiger partial charge is 0.265 e. The Bertz CT molecular complexity index is 924. The molecular weight excluding hydrogens is 337 g/mol. The summed E-state index contributed by atoms with van der Waals surface area (Å²) in [5.74, 6) is -0.329. The molecule has 0 aromatic heterocycles. The average molecular weight is 361 g/mol. The van der Waals surface area contributed by atoms with Gasteiger partial charge in [-0.1, -0.05) is 6.07 Å². The van der Waals surface area contributed by atoms with E-state index in [1.807, 2.05) is 40.7 Å². The van der Waals surface area contributed by atoms with Gasteiger partial charge in [0, 0.05) is 6.04 Å². The number of halogens is 1. The maximum atomic E-state index is 13.6. The molecule has 5 heteroatoms. The van der Waals surface area contributed by atoms with Gasteiger partial charge >= 0.3 is 0 Å². The molecule has 1 atom stereocenters. The summed E-state index contributed by atoms with van der Waals surface area (Å²) in [7, 11) is -3.73. The maximum Gasteiger partial charge on any atom is 0.265 e. The Labute approximate surface area is 149 Å². The molecule has 0 N–H and O–H groups in total. The highest BCUT2D eigenvalue weighted by atomic mass is 32.2. The molecule has 0 aliphatic carbocycles. The molecule has 1 unspecified atom stereocenters. The van der Waals surface area contributed by atoms with E-state index in [2.05, 4.69) is 0 Å². The lowest BCUT2D eigenvalue weighted by molar-refractivity contribution is 0.559. The molecular formula is C20H24FNO2S. The zero-order chi connectivity index (χ0) is 18.5. The number of benzene rings is 2. The number of hydrogen-bond donors (Lipinski definition) is 0. The molecule has 0 saturated carbocycles. The van der Waals surface area contributed by atoms with Crippen molar-refractivity contribution >= 4 is 15.7 Å². The van der Waals surface area contributed by atoms with Crippen LogP contribution in [0.4, 0.5) is 10.1 Å². The first-order valence-corrected chi connectivity index (χ1v) is 9.99. The molecule has 0 bridgehead atoms. The smallest absolute Gasteiger partial charge is 0.263 e. The minimum atomic E-state index is -3.73. The number of hydrogen-bond acceptors (Lipinski definition) is 2. The molecule has 2 aromatic carbocycles. The van der Waals surface area contributed by atoms with Crippen LogP contribution in [0.25, 0.3) is 0 Å². The molecule has 0 radical (unpaired) electrons.